The van der Waals surface area contributed by atoms with Gasteiger partial charge in [0.05, 0.1) is 0 Å². The molecule has 0 saturated carbocycles. The summed E-state index contributed by atoms with van der Waals surface area (Å²) in [5, 5.41) is 18.9. The molecular weight excluding hydrogens is 215 g/mol. The monoisotopic (exact) mass is 224 g/mol. The van der Waals surface area contributed by atoms with Crippen LogP contribution in [0.3, 0.4) is 0 Å². The summed E-state index contributed by atoms with van der Waals surface area (Å²) in [7, 11) is -1.63. The van der Waals surface area contributed by atoms with Crippen LogP contribution in [0.5, 0.6) is 0 Å². The Hall–Kier alpha value is -1.91. The fourth-order valence-electron chi connectivity index (χ4n) is 2.39. The van der Waals surface area contributed by atoms with Crippen LogP contribution >= 0.6 is 0 Å². The van der Waals surface area contributed by atoms with E-state index in [9.17, 15) is 14.8 Å². The molecule has 17 heavy (non-hydrogen) atoms. The predicted molar refractivity (Wildman–Crippen MR) is 65.7 cm³/mol. The van der Waals surface area contributed by atoms with Gasteiger partial charge >= 0.3 is 7.12 Å². The lowest BCUT2D eigenvalue weighted by Gasteiger charge is -2.08. The highest BCUT2D eigenvalue weighted by Gasteiger charge is 2.35. The summed E-state index contributed by atoms with van der Waals surface area (Å²) in [6.45, 7) is 0. The zero-order valence-electron chi connectivity index (χ0n) is 8.92. The van der Waals surface area contributed by atoms with Crippen LogP contribution in [0.25, 0.3) is 11.0 Å². The van der Waals surface area contributed by atoms with E-state index in [1.807, 2.05) is 24.3 Å². The first-order valence-corrected chi connectivity index (χ1v) is 5.33. The number of hydrogen-bond donors (Lipinski definition) is 2. The van der Waals surface area contributed by atoms with E-state index in [0.29, 0.717) is 11.0 Å². The van der Waals surface area contributed by atoms with Gasteiger partial charge in [-0.15, -0.1) is 0 Å². The lowest BCUT2D eigenvalue weighted by Crippen LogP contribution is -2.17. The van der Waals surface area contributed by atoms with Gasteiger partial charge in [-0.1, -0.05) is 36.4 Å². The minimum Gasteiger partial charge on any atom is -0.423 e. The molecule has 0 aromatic heterocycles. The fraction of sp³-hybridized carbons (Fsp3) is 0. The number of carbonyl (C=O) groups is 1. The van der Waals surface area contributed by atoms with Gasteiger partial charge in [-0.2, -0.15) is 0 Å². The molecule has 4 heteroatoms. The van der Waals surface area contributed by atoms with Gasteiger partial charge in [-0.3, -0.25) is 4.79 Å². The van der Waals surface area contributed by atoms with Crippen LogP contribution < -0.4 is 0 Å². The van der Waals surface area contributed by atoms with E-state index in [4.69, 9.17) is 0 Å². The van der Waals surface area contributed by atoms with Crippen LogP contribution in [0.4, 0.5) is 0 Å². The largest absolute Gasteiger partial charge is 0.489 e. The summed E-state index contributed by atoms with van der Waals surface area (Å²) in [4.78, 5) is 11.9. The van der Waals surface area contributed by atoms with Crippen molar-refractivity contribution in [3.05, 3.63) is 59.2 Å². The number of rotatable bonds is 1. The lowest BCUT2D eigenvalue weighted by atomic mass is 9.73. The smallest absolute Gasteiger partial charge is 0.423 e. The molecule has 2 aliphatic rings. The second-order valence-corrected chi connectivity index (χ2v) is 4.01. The summed E-state index contributed by atoms with van der Waals surface area (Å²) >= 11 is 0. The predicted octanol–water partition coefficient (Wildman–Crippen LogP) is 0.988. The SMILES string of the molecule is O=C1C=CC=C2C1=C(B(O)O)c1ccccc12. The van der Waals surface area contributed by atoms with Crippen LogP contribution in [-0.2, 0) is 4.79 Å². The summed E-state index contributed by atoms with van der Waals surface area (Å²) in [5.41, 5.74) is 3.09. The Morgan fingerprint density at radius 2 is 1.76 bits per heavy atom. The molecular formula is C13H9BO3. The van der Waals surface area contributed by atoms with Gasteiger partial charge in [0.1, 0.15) is 0 Å². The highest BCUT2D eigenvalue weighted by Crippen LogP contribution is 2.43. The molecule has 0 radical (unpaired) electrons. The molecule has 0 heterocycles. The minimum atomic E-state index is -1.63. The third-order valence-electron chi connectivity index (χ3n) is 3.06. The van der Waals surface area contributed by atoms with Crippen molar-refractivity contribution in [3.8, 4) is 0 Å². The van der Waals surface area contributed by atoms with Gasteiger partial charge in [0.25, 0.3) is 0 Å². The molecule has 2 aliphatic carbocycles. The number of hydrogen-bond acceptors (Lipinski definition) is 3. The maximum Gasteiger partial charge on any atom is 0.489 e. The van der Waals surface area contributed by atoms with Crippen molar-refractivity contribution in [2.75, 3.05) is 0 Å². The molecule has 0 amide bonds. The van der Waals surface area contributed by atoms with E-state index in [1.54, 1.807) is 12.1 Å². The number of allylic oxidation sites excluding steroid dienone is 5. The summed E-state index contributed by atoms with van der Waals surface area (Å²) in [6.07, 6.45) is 4.95. The zero-order chi connectivity index (χ0) is 12.0. The Kier molecular flexibility index (Phi) is 2.14. The first-order valence-electron chi connectivity index (χ1n) is 5.33. The molecule has 0 atom stereocenters. The van der Waals surface area contributed by atoms with E-state index < -0.39 is 7.12 Å². The first-order chi connectivity index (χ1) is 8.20. The number of fused-ring (bicyclic) bond motifs is 3. The summed E-state index contributed by atoms with van der Waals surface area (Å²) < 4.78 is 0. The average molecular weight is 224 g/mol. The molecule has 0 aliphatic heterocycles. The third-order valence-corrected chi connectivity index (χ3v) is 3.06. The van der Waals surface area contributed by atoms with E-state index in [-0.39, 0.29) is 5.78 Å². The molecule has 1 aromatic carbocycles. The van der Waals surface area contributed by atoms with Crippen molar-refractivity contribution in [2.24, 2.45) is 0 Å². The van der Waals surface area contributed by atoms with Crippen LogP contribution in [0, 0.1) is 0 Å². The molecule has 0 bridgehead atoms. The van der Waals surface area contributed by atoms with Crippen molar-refractivity contribution in [1.82, 2.24) is 0 Å². The van der Waals surface area contributed by atoms with Gasteiger partial charge < -0.3 is 10.0 Å². The van der Waals surface area contributed by atoms with Crippen LogP contribution in [0.15, 0.2) is 48.1 Å². The molecule has 3 rings (SSSR count). The Morgan fingerprint density at radius 1 is 1.06 bits per heavy atom. The van der Waals surface area contributed by atoms with Crippen molar-refractivity contribution in [3.63, 3.8) is 0 Å². The van der Waals surface area contributed by atoms with E-state index in [0.717, 1.165) is 16.7 Å². The van der Waals surface area contributed by atoms with Crippen LogP contribution in [0.1, 0.15) is 11.1 Å². The van der Waals surface area contributed by atoms with E-state index in [2.05, 4.69) is 0 Å². The Labute approximate surface area is 98.5 Å². The lowest BCUT2D eigenvalue weighted by molar-refractivity contribution is -0.110. The molecule has 3 nitrogen and oxygen atoms in total. The molecule has 0 spiro atoms. The Balaban J connectivity index is 2.35. The van der Waals surface area contributed by atoms with Gasteiger partial charge in [-0.05, 0) is 22.8 Å². The average Bonchev–Trinajstić information content (AvgIpc) is 2.65. The third kappa shape index (κ3) is 1.35. The second-order valence-electron chi connectivity index (χ2n) is 4.01. The molecule has 0 saturated heterocycles. The zero-order valence-corrected chi connectivity index (χ0v) is 8.92. The highest BCUT2D eigenvalue weighted by molar-refractivity contribution is 6.69. The maximum atomic E-state index is 11.9. The van der Waals surface area contributed by atoms with Crippen molar-refractivity contribution in [2.45, 2.75) is 0 Å². The van der Waals surface area contributed by atoms with Gasteiger partial charge in [0.15, 0.2) is 5.78 Å². The minimum absolute atomic E-state index is 0.179. The normalized spacial score (nSPS) is 16.8. The van der Waals surface area contributed by atoms with Crippen LogP contribution in [-0.4, -0.2) is 22.9 Å². The standard InChI is InChI=1S/C13H9BO3/c15-11-7-3-6-9-8-4-1-2-5-10(8)13(12(9)11)14(16)17/h1-7,16-17H. The number of carbonyl (C=O) groups excluding carboxylic acids is 1. The maximum absolute atomic E-state index is 11.9. The van der Waals surface area contributed by atoms with Gasteiger partial charge in [0.2, 0.25) is 0 Å². The second kappa shape index (κ2) is 3.55. The quantitative estimate of drug-likeness (QED) is 0.699. The van der Waals surface area contributed by atoms with Crippen molar-refractivity contribution < 1.29 is 14.8 Å². The molecule has 0 fully saturated rings. The van der Waals surface area contributed by atoms with Gasteiger partial charge in [0, 0.05) is 11.0 Å². The highest BCUT2D eigenvalue weighted by atomic mass is 16.4. The molecule has 1 aromatic rings. The number of ketones is 1. The van der Waals surface area contributed by atoms with E-state index >= 15 is 0 Å². The fourth-order valence-corrected chi connectivity index (χ4v) is 2.39. The summed E-state index contributed by atoms with van der Waals surface area (Å²) in [6, 6.07) is 7.36. The Morgan fingerprint density at radius 3 is 2.47 bits per heavy atom. The molecule has 82 valence electrons. The number of benzene rings is 1. The summed E-state index contributed by atoms with van der Waals surface area (Å²) in [5.74, 6) is -0.179. The first kappa shape index (κ1) is 10.3. The molecule has 2 N–H and O–H groups in total. The van der Waals surface area contributed by atoms with Crippen LogP contribution in [0.2, 0.25) is 0 Å². The van der Waals surface area contributed by atoms with Gasteiger partial charge in [-0.25, -0.2) is 0 Å². The topological polar surface area (TPSA) is 57.5 Å². The van der Waals surface area contributed by atoms with Crippen molar-refractivity contribution in [1.29, 1.82) is 0 Å². The Bertz CT molecular complexity index is 609. The van der Waals surface area contributed by atoms with E-state index in [1.165, 1.54) is 6.08 Å². The van der Waals surface area contributed by atoms with Crippen molar-refractivity contribution >= 4 is 23.9 Å². The molecule has 0 unspecified atom stereocenters.